The summed E-state index contributed by atoms with van der Waals surface area (Å²) in [6.45, 7) is 2.06. The molecule has 1 unspecified atom stereocenters. The van der Waals surface area contributed by atoms with E-state index in [-0.39, 0.29) is 17.8 Å². The number of thioether (sulfide) groups is 1. The first-order valence-electron chi connectivity index (χ1n) is 4.81. The number of aromatic nitrogens is 2. The van der Waals surface area contributed by atoms with Crippen molar-refractivity contribution >= 4 is 17.6 Å². The van der Waals surface area contributed by atoms with Gasteiger partial charge in [0.15, 0.2) is 0 Å². The summed E-state index contributed by atoms with van der Waals surface area (Å²) < 4.78 is 6.90. The van der Waals surface area contributed by atoms with Crippen LogP contribution in [0.1, 0.15) is 12.3 Å². The molecule has 1 saturated heterocycles. The molecule has 2 heterocycles. The third-order valence-corrected chi connectivity index (χ3v) is 3.75. The minimum absolute atomic E-state index is 0.0919. The van der Waals surface area contributed by atoms with E-state index in [0.29, 0.717) is 6.61 Å². The van der Waals surface area contributed by atoms with Crippen molar-refractivity contribution in [2.75, 3.05) is 18.9 Å². The van der Waals surface area contributed by atoms with Crippen molar-refractivity contribution < 1.29 is 9.84 Å². The number of ether oxygens (including phenoxy) is 1. The van der Waals surface area contributed by atoms with E-state index in [1.807, 2.05) is 0 Å². The number of hydrogen-bond donors (Lipinski definition) is 2. The van der Waals surface area contributed by atoms with Crippen LogP contribution in [-0.2, 0) is 4.74 Å². The van der Waals surface area contributed by atoms with Crippen LogP contribution in [0.4, 0.5) is 5.82 Å². The molecular formula is C9H13N3O3S. The predicted octanol–water partition coefficient (Wildman–Crippen LogP) is -0.204. The van der Waals surface area contributed by atoms with Crippen molar-refractivity contribution in [2.24, 2.45) is 0 Å². The maximum Gasteiger partial charge on any atom is 0.350 e. The zero-order valence-corrected chi connectivity index (χ0v) is 9.61. The van der Waals surface area contributed by atoms with Gasteiger partial charge in [-0.25, -0.2) is 4.79 Å². The summed E-state index contributed by atoms with van der Waals surface area (Å²) in [4.78, 5) is 14.6. The van der Waals surface area contributed by atoms with E-state index < -0.39 is 10.6 Å². The van der Waals surface area contributed by atoms with Crippen LogP contribution in [0.15, 0.2) is 17.1 Å². The molecule has 1 fully saturated rings. The molecule has 2 rings (SSSR count). The largest absolute Gasteiger partial charge is 0.392 e. The molecule has 1 aliphatic heterocycles. The number of nitrogen functional groups attached to an aromatic ring is 1. The zero-order valence-electron chi connectivity index (χ0n) is 8.79. The number of rotatable bonds is 2. The Morgan fingerprint density at radius 2 is 2.62 bits per heavy atom. The van der Waals surface area contributed by atoms with Gasteiger partial charge in [0.1, 0.15) is 16.1 Å². The van der Waals surface area contributed by atoms with Crippen molar-refractivity contribution in [1.82, 2.24) is 9.55 Å². The van der Waals surface area contributed by atoms with Crippen LogP contribution in [0.25, 0.3) is 0 Å². The number of nitrogens with two attached hydrogens (primary N) is 1. The molecule has 1 aromatic heterocycles. The Kier molecular flexibility index (Phi) is 2.92. The lowest BCUT2D eigenvalue weighted by atomic mass is 10.4. The predicted molar refractivity (Wildman–Crippen MR) is 61.0 cm³/mol. The van der Waals surface area contributed by atoms with E-state index in [9.17, 15) is 4.79 Å². The molecule has 3 N–H and O–H groups in total. The third-order valence-electron chi connectivity index (χ3n) is 2.37. The highest BCUT2D eigenvalue weighted by Crippen LogP contribution is 2.42. The molecule has 0 aromatic carbocycles. The summed E-state index contributed by atoms with van der Waals surface area (Å²) in [6.07, 6.45) is 1.59. The van der Waals surface area contributed by atoms with E-state index in [4.69, 9.17) is 15.6 Å². The Morgan fingerprint density at radius 3 is 3.19 bits per heavy atom. The second-order valence-electron chi connectivity index (χ2n) is 3.72. The Bertz CT molecular complexity index is 450. The minimum atomic E-state index is -0.647. The standard InChI is InChI=1S/C9H13N3O3S/c1-9(5-13)15-4-7(16-9)12-3-2-6(10)11-8(12)14/h2-3,7,13H,4-5H2,1H3,(H2,10,11,14)/t7-,9?/m0/s1. The zero-order chi connectivity index (χ0) is 11.8. The highest BCUT2D eigenvalue weighted by atomic mass is 32.2. The molecule has 16 heavy (non-hydrogen) atoms. The van der Waals surface area contributed by atoms with E-state index in [0.717, 1.165) is 0 Å². The number of hydrogen-bond acceptors (Lipinski definition) is 6. The molecule has 0 spiro atoms. The van der Waals surface area contributed by atoms with Gasteiger partial charge in [0.2, 0.25) is 0 Å². The summed E-state index contributed by atoms with van der Waals surface area (Å²) >= 11 is 1.40. The normalized spacial score (nSPS) is 29.5. The van der Waals surface area contributed by atoms with Gasteiger partial charge in [-0.3, -0.25) is 4.57 Å². The lowest BCUT2D eigenvalue weighted by molar-refractivity contribution is 0.0124. The SMILES string of the molecule is CC1(CO)OC[C@@H](n2ccc(N)nc2=O)S1. The van der Waals surface area contributed by atoms with Crippen LogP contribution in [-0.4, -0.2) is 32.8 Å². The Balaban J connectivity index is 2.24. The molecule has 1 aromatic rings. The van der Waals surface area contributed by atoms with Gasteiger partial charge in [0.05, 0.1) is 13.2 Å². The Hall–Kier alpha value is -1.05. The highest BCUT2D eigenvalue weighted by molar-refractivity contribution is 8.00. The first-order valence-corrected chi connectivity index (χ1v) is 5.69. The van der Waals surface area contributed by atoms with Crippen LogP contribution in [0.2, 0.25) is 0 Å². The van der Waals surface area contributed by atoms with E-state index in [1.165, 1.54) is 16.3 Å². The Labute approximate surface area is 96.4 Å². The minimum Gasteiger partial charge on any atom is -0.392 e. The van der Waals surface area contributed by atoms with Crippen molar-refractivity contribution in [3.63, 3.8) is 0 Å². The monoisotopic (exact) mass is 243 g/mol. The molecule has 2 atom stereocenters. The molecule has 0 aliphatic carbocycles. The first kappa shape index (κ1) is 11.4. The topological polar surface area (TPSA) is 90.4 Å². The van der Waals surface area contributed by atoms with Gasteiger partial charge < -0.3 is 15.6 Å². The molecule has 88 valence electrons. The second-order valence-corrected chi connectivity index (χ2v) is 5.36. The number of aliphatic hydroxyl groups excluding tert-OH is 1. The van der Waals surface area contributed by atoms with Crippen LogP contribution in [0.5, 0.6) is 0 Å². The van der Waals surface area contributed by atoms with Crippen LogP contribution in [0, 0.1) is 0 Å². The van der Waals surface area contributed by atoms with Gasteiger partial charge in [-0.1, -0.05) is 11.8 Å². The first-order chi connectivity index (χ1) is 7.54. The number of nitrogens with zero attached hydrogens (tertiary/aromatic N) is 2. The van der Waals surface area contributed by atoms with Gasteiger partial charge in [-0.2, -0.15) is 4.98 Å². The summed E-state index contributed by atoms with van der Waals surface area (Å²) in [5.74, 6) is 0.204. The summed E-state index contributed by atoms with van der Waals surface area (Å²) in [5, 5.41) is 8.97. The maximum absolute atomic E-state index is 11.6. The molecule has 6 nitrogen and oxygen atoms in total. The smallest absolute Gasteiger partial charge is 0.350 e. The maximum atomic E-state index is 11.6. The Morgan fingerprint density at radius 1 is 1.88 bits per heavy atom. The lowest BCUT2D eigenvalue weighted by Crippen LogP contribution is -2.26. The van der Waals surface area contributed by atoms with E-state index in [1.54, 1.807) is 19.2 Å². The summed E-state index contributed by atoms with van der Waals surface area (Å²) in [7, 11) is 0. The van der Waals surface area contributed by atoms with Crippen LogP contribution < -0.4 is 11.4 Å². The van der Waals surface area contributed by atoms with Crippen molar-refractivity contribution in [3.8, 4) is 0 Å². The molecule has 0 saturated carbocycles. The molecule has 1 aliphatic rings. The van der Waals surface area contributed by atoms with E-state index in [2.05, 4.69) is 4.98 Å². The van der Waals surface area contributed by atoms with Gasteiger partial charge in [0, 0.05) is 6.20 Å². The van der Waals surface area contributed by atoms with Gasteiger partial charge in [-0.15, -0.1) is 0 Å². The fraction of sp³-hybridized carbons (Fsp3) is 0.556. The summed E-state index contributed by atoms with van der Waals surface area (Å²) in [6, 6.07) is 1.57. The number of anilines is 1. The molecular weight excluding hydrogens is 230 g/mol. The highest BCUT2D eigenvalue weighted by Gasteiger charge is 2.37. The van der Waals surface area contributed by atoms with Crippen molar-refractivity contribution in [3.05, 3.63) is 22.7 Å². The second kappa shape index (κ2) is 4.08. The number of aliphatic hydroxyl groups is 1. The third kappa shape index (κ3) is 2.06. The average molecular weight is 243 g/mol. The van der Waals surface area contributed by atoms with Crippen LogP contribution >= 0.6 is 11.8 Å². The molecule has 7 heteroatoms. The fourth-order valence-electron chi connectivity index (χ4n) is 1.47. The lowest BCUT2D eigenvalue weighted by Gasteiger charge is -2.18. The van der Waals surface area contributed by atoms with Crippen molar-refractivity contribution in [1.29, 1.82) is 0 Å². The molecule has 0 radical (unpaired) electrons. The van der Waals surface area contributed by atoms with E-state index >= 15 is 0 Å². The van der Waals surface area contributed by atoms with Crippen molar-refractivity contribution in [2.45, 2.75) is 17.2 Å². The van der Waals surface area contributed by atoms with Crippen LogP contribution in [0.3, 0.4) is 0 Å². The molecule has 0 bridgehead atoms. The summed E-state index contributed by atoms with van der Waals surface area (Å²) in [5.41, 5.74) is 5.00. The average Bonchev–Trinajstić information content (AvgIpc) is 2.62. The van der Waals surface area contributed by atoms with Gasteiger partial charge in [-0.05, 0) is 13.0 Å². The molecule has 0 amide bonds. The van der Waals surface area contributed by atoms with Gasteiger partial charge >= 0.3 is 5.69 Å². The fourth-order valence-corrected chi connectivity index (χ4v) is 2.66. The van der Waals surface area contributed by atoms with Gasteiger partial charge in [0.25, 0.3) is 0 Å². The quantitative estimate of drug-likeness (QED) is 0.747.